The summed E-state index contributed by atoms with van der Waals surface area (Å²) in [5.74, 6) is 0.471. The highest BCUT2D eigenvalue weighted by atomic mass is 79.9. The number of carbonyl (C=O) groups excluding carboxylic acids is 1. The number of halogens is 1. The lowest BCUT2D eigenvalue weighted by Gasteiger charge is -2.23. The molecule has 94 valence electrons. The average Bonchev–Trinajstić information content (AvgIpc) is 2.28. The van der Waals surface area contributed by atoms with E-state index in [0.717, 1.165) is 15.8 Å². The van der Waals surface area contributed by atoms with Crippen LogP contribution in [0.3, 0.4) is 0 Å². The molecule has 0 radical (unpaired) electrons. The van der Waals surface area contributed by atoms with Crippen LogP contribution < -0.4 is 10.5 Å². The molecule has 0 aliphatic carbocycles. The third-order valence-electron chi connectivity index (χ3n) is 2.74. The topological polar surface area (TPSA) is 55.6 Å². The summed E-state index contributed by atoms with van der Waals surface area (Å²) in [7, 11) is 3.49. The lowest BCUT2D eigenvalue weighted by Crippen LogP contribution is -2.39. The summed E-state index contributed by atoms with van der Waals surface area (Å²) in [6, 6.07) is 5.48. The van der Waals surface area contributed by atoms with Crippen LogP contribution in [0, 0.1) is 0 Å². The fourth-order valence-corrected chi connectivity index (χ4v) is 1.90. The Hall–Kier alpha value is -1.07. The van der Waals surface area contributed by atoms with E-state index < -0.39 is 0 Å². The van der Waals surface area contributed by atoms with Gasteiger partial charge < -0.3 is 10.5 Å². The summed E-state index contributed by atoms with van der Waals surface area (Å²) in [5.41, 5.74) is 6.28. The van der Waals surface area contributed by atoms with E-state index in [1.165, 1.54) is 0 Å². The van der Waals surface area contributed by atoms with Crippen LogP contribution in [0.15, 0.2) is 22.7 Å². The first kappa shape index (κ1) is 14.0. The van der Waals surface area contributed by atoms with Gasteiger partial charge in [0.1, 0.15) is 5.75 Å². The lowest BCUT2D eigenvalue weighted by molar-refractivity contribution is -0.122. The van der Waals surface area contributed by atoms with Crippen LogP contribution in [0.5, 0.6) is 5.75 Å². The molecular formula is C12H17BrN2O2. The highest BCUT2D eigenvalue weighted by Crippen LogP contribution is 2.24. The molecule has 0 spiro atoms. The molecule has 4 nitrogen and oxygen atoms in total. The minimum atomic E-state index is -0.332. The van der Waals surface area contributed by atoms with E-state index in [1.807, 2.05) is 30.1 Å². The zero-order valence-corrected chi connectivity index (χ0v) is 11.8. The highest BCUT2D eigenvalue weighted by Gasteiger charge is 2.16. The Morgan fingerprint density at radius 2 is 2.24 bits per heavy atom. The summed E-state index contributed by atoms with van der Waals surface area (Å²) in [5, 5.41) is 0. The molecule has 0 bridgehead atoms. The van der Waals surface area contributed by atoms with Crippen molar-refractivity contribution in [2.24, 2.45) is 5.73 Å². The largest absolute Gasteiger partial charge is 0.496 e. The number of nitrogens with two attached hydrogens (primary N) is 1. The number of hydrogen-bond donors (Lipinski definition) is 1. The molecule has 0 heterocycles. The fraction of sp³-hybridized carbons (Fsp3) is 0.417. The van der Waals surface area contributed by atoms with Gasteiger partial charge in [-0.25, -0.2) is 0 Å². The Kier molecular flexibility index (Phi) is 4.96. The maximum Gasteiger partial charge on any atom is 0.234 e. The molecule has 5 heteroatoms. The Bertz CT molecular complexity index is 409. The Morgan fingerprint density at radius 1 is 1.59 bits per heavy atom. The van der Waals surface area contributed by atoms with Gasteiger partial charge in [-0.15, -0.1) is 0 Å². The first-order valence-electron chi connectivity index (χ1n) is 5.27. The summed E-state index contributed by atoms with van der Waals surface area (Å²) in [6.45, 7) is 2.39. The van der Waals surface area contributed by atoms with Gasteiger partial charge in [0, 0.05) is 16.6 Å². The number of rotatable bonds is 5. The van der Waals surface area contributed by atoms with Gasteiger partial charge in [-0.3, -0.25) is 9.69 Å². The van der Waals surface area contributed by atoms with Crippen molar-refractivity contribution >= 4 is 21.8 Å². The number of ether oxygens (including phenoxy) is 1. The molecule has 1 rings (SSSR count). The molecule has 0 aromatic heterocycles. The standard InChI is InChI=1S/C12H17BrN2O2/c1-8(12(14)16)15(2)7-9-6-10(13)4-5-11(9)17-3/h4-6,8H,7H2,1-3H3,(H2,14,16)/t8-/m1/s1. The van der Waals surface area contributed by atoms with Crippen LogP contribution in [0.2, 0.25) is 0 Å². The summed E-state index contributed by atoms with van der Waals surface area (Å²) < 4.78 is 6.26. The van der Waals surface area contributed by atoms with Crippen molar-refractivity contribution < 1.29 is 9.53 Å². The van der Waals surface area contributed by atoms with Gasteiger partial charge in [-0.2, -0.15) is 0 Å². The van der Waals surface area contributed by atoms with E-state index in [1.54, 1.807) is 14.0 Å². The van der Waals surface area contributed by atoms with Gasteiger partial charge in [-0.1, -0.05) is 15.9 Å². The maximum absolute atomic E-state index is 11.1. The maximum atomic E-state index is 11.1. The first-order valence-corrected chi connectivity index (χ1v) is 6.07. The summed E-state index contributed by atoms with van der Waals surface area (Å²) in [6.07, 6.45) is 0. The Labute approximate surface area is 110 Å². The Balaban J connectivity index is 2.86. The molecule has 0 saturated carbocycles. The third kappa shape index (κ3) is 3.71. The van der Waals surface area contributed by atoms with Crippen molar-refractivity contribution in [2.75, 3.05) is 14.2 Å². The second-order valence-electron chi connectivity index (χ2n) is 3.95. The zero-order chi connectivity index (χ0) is 13.0. The molecular weight excluding hydrogens is 284 g/mol. The number of benzene rings is 1. The second kappa shape index (κ2) is 6.02. The molecule has 1 amide bonds. The SMILES string of the molecule is COc1ccc(Br)cc1CN(C)[C@H](C)C(N)=O. The normalized spacial score (nSPS) is 12.5. The van der Waals surface area contributed by atoms with Crippen LogP contribution >= 0.6 is 15.9 Å². The number of nitrogens with zero attached hydrogens (tertiary/aromatic N) is 1. The predicted octanol–water partition coefficient (Wildman–Crippen LogP) is 1.76. The van der Waals surface area contributed by atoms with Gasteiger partial charge in [0.2, 0.25) is 5.91 Å². The van der Waals surface area contributed by atoms with Crippen LogP contribution in [0.1, 0.15) is 12.5 Å². The lowest BCUT2D eigenvalue weighted by atomic mass is 10.1. The number of primary amides is 1. The molecule has 1 atom stereocenters. The third-order valence-corrected chi connectivity index (χ3v) is 3.23. The van der Waals surface area contributed by atoms with E-state index in [2.05, 4.69) is 15.9 Å². The minimum absolute atomic E-state index is 0.307. The van der Waals surface area contributed by atoms with Crippen molar-refractivity contribution in [2.45, 2.75) is 19.5 Å². The first-order chi connectivity index (χ1) is 7.95. The number of amides is 1. The van der Waals surface area contributed by atoms with Crippen molar-refractivity contribution in [3.63, 3.8) is 0 Å². The number of hydrogen-bond acceptors (Lipinski definition) is 3. The van der Waals surface area contributed by atoms with Crippen molar-refractivity contribution in [1.82, 2.24) is 4.90 Å². The quantitative estimate of drug-likeness (QED) is 0.901. The molecule has 1 aromatic carbocycles. The number of methoxy groups -OCH3 is 1. The smallest absolute Gasteiger partial charge is 0.234 e. The molecule has 0 aliphatic heterocycles. The summed E-state index contributed by atoms with van der Waals surface area (Å²) >= 11 is 3.42. The second-order valence-corrected chi connectivity index (χ2v) is 4.87. The van der Waals surface area contributed by atoms with E-state index in [0.29, 0.717) is 6.54 Å². The van der Waals surface area contributed by atoms with Crippen molar-refractivity contribution in [1.29, 1.82) is 0 Å². The molecule has 0 saturated heterocycles. The molecule has 0 unspecified atom stereocenters. The van der Waals surface area contributed by atoms with Gasteiger partial charge >= 0.3 is 0 Å². The van der Waals surface area contributed by atoms with Crippen LogP contribution in [-0.4, -0.2) is 31.0 Å². The van der Waals surface area contributed by atoms with E-state index in [-0.39, 0.29) is 11.9 Å². The van der Waals surface area contributed by atoms with Crippen molar-refractivity contribution in [3.05, 3.63) is 28.2 Å². The monoisotopic (exact) mass is 300 g/mol. The van der Waals surface area contributed by atoms with Crippen LogP contribution in [0.4, 0.5) is 0 Å². The van der Waals surface area contributed by atoms with E-state index in [4.69, 9.17) is 10.5 Å². The molecule has 0 aliphatic rings. The van der Waals surface area contributed by atoms with E-state index >= 15 is 0 Å². The highest BCUT2D eigenvalue weighted by molar-refractivity contribution is 9.10. The van der Waals surface area contributed by atoms with Crippen LogP contribution in [-0.2, 0) is 11.3 Å². The average molecular weight is 301 g/mol. The van der Waals surface area contributed by atoms with Crippen LogP contribution in [0.25, 0.3) is 0 Å². The number of carbonyl (C=O) groups is 1. The number of likely N-dealkylation sites (N-methyl/N-ethyl adjacent to an activating group) is 1. The fourth-order valence-electron chi connectivity index (χ4n) is 1.49. The molecule has 0 fully saturated rings. The van der Waals surface area contributed by atoms with E-state index in [9.17, 15) is 4.79 Å². The molecule has 17 heavy (non-hydrogen) atoms. The molecule has 2 N–H and O–H groups in total. The van der Waals surface area contributed by atoms with Gasteiger partial charge in [0.15, 0.2) is 0 Å². The van der Waals surface area contributed by atoms with Gasteiger partial charge in [0.05, 0.1) is 13.2 Å². The minimum Gasteiger partial charge on any atom is -0.496 e. The van der Waals surface area contributed by atoms with Crippen molar-refractivity contribution in [3.8, 4) is 5.75 Å². The molecule has 1 aromatic rings. The van der Waals surface area contributed by atoms with Gasteiger partial charge in [0.25, 0.3) is 0 Å². The Morgan fingerprint density at radius 3 is 2.76 bits per heavy atom. The predicted molar refractivity (Wildman–Crippen MR) is 70.8 cm³/mol. The van der Waals surface area contributed by atoms with Gasteiger partial charge in [-0.05, 0) is 32.2 Å². The summed E-state index contributed by atoms with van der Waals surface area (Å²) in [4.78, 5) is 13.0. The zero-order valence-electron chi connectivity index (χ0n) is 10.2.